The van der Waals surface area contributed by atoms with Crippen molar-refractivity contribution in [3.05, 3.63) is 75.9 Å². The summed E-state index contributed by atoms with van der Waals surface area (Å²) in [5, 5.41) is 5.12. The second-order valence-electron chi connectivity index (χ2n) is 7.15. The van der Waals surface area contributed by atoms with E-state index in [0.29, 0.717) is 39.6 Å². The first-order valence-corrected chi connectivity index (χ1v) is 12.2. The largest absolute Gasteiger partial charge is 0.348 e. The summed E-state index contributed by atoms with van der Waals surface area (Å²) in [6, 6.07) is 12.0. The molecule has 9 heteroatoms. The molecule has 1 unspecified atom stereocenters. The monoisotopic (exact) mass is 469 g/mol. The molecule has 1 aliphatic rings. The summed E-state index contributed by atoms with van der Waals surface area (Å²) < 4.78 is 14.0. The number of hydrogen-bond acceptors (Lipinski definition) is 6. The molecule has 32 heavy (non-hydrogen) atoms. The summed E-state index contributed by atoms with van der Waals surface area (Å²) in [5.41, 5.74) is 1.52. The van der Waals surface area contributed by atoms with Crippen LogP contribution in [0.1, 0.15) is 32.1 Å². The fourth-order valence-electron chi connectivity index (χ4n) is 3.56. The quantitative estimate of drug-likeness (QED) is 0.505. The van der Waals surface area contributed by atoms with Gasteiger partial charge in [0.15, 0.2) is 0 Å². The van der Waals surface area contributed by atoms with Crippen LogP contribution in [0.4, 0.5) is 4.39 Å². The molecule has 0 fully saturated rings. The number of fused-ring (bicyclic) bond motifs is 1. The Morgan fingerprint density at radius 1 is 1.09 bits per heavy atom. The van der Waals surface area contributed by atoms with Crippen molar-refractivity contribution >= 4 is 40.8 Å². The van der Waals surface area contributed by atoms with Crippen LogP contribution in [0.25, 0.3) is 11.3 Å². The van der Waals surface area contributed by atoms with Crippen LogP contribution in [0.3, 0.4) is 0 Å². The Bertz CT molecular complexity index is 1150. The van der Waals surface area contributed by atoms with Crippen molar-refractivity contribution in [2.75, 3.05) is 12.0 Å². The van der Waals surface area contributed by atoms with Crippen LogP contribution >= 0.6 is 23.1 Å². The molecule has 1 N–H and O–H groups in total. The van der Waals surface area contributed by atoms with E-state index in [-0.39, 0.29) is 12.4 Å². The third-order valence-electron chi connectivity index (χ3n) is 5.15. The molecule has 1 aliphatic heterocycles. The van der Waals surface area contributed by atoms with E-state index >= 15 is 0 Å². The van der Waals surface area contributed by atoms with Gasteiger partial charge in [0, 0.05) is 10.9 Å². The fraction of sp³-hybridized carbons (Fsp3) is 0.217. The highest BCUT2D eigenvalue weighted by Gasteiger charge is 2.42. The summed E-state index contributed by atoms with van der Waals surface area (Å²) in [5.74, 6) is -1.08. The molecular weight excluding hydrogens is 449 g/mol. The summed E-state index contributed by atoms with van der Waals surface area (Å²) in [4.78, 5) is 44.2. The third-order valence-corrected chi connectivity index (χ3v) is 6.64. The van der Waals surface area contributed by atoms with E-state index in [9.17, 15) is 18.8 Å². The minimum atomic E-state index is -0.916. The lowest BCUT2D eigenvalue weighted by molar-refractivity contribution is -0.125. The van der Waals surface area contributed by atoms with Gasteiger partial charge in [-0.1, -0.05) is 24.3 Å². The predicted octanol–water partition coefficient (Wildman–Crippen LogP) is 3.98. The van der Waals surface area contributed by atoms with Gasteiger partial charge in [0.25, 0.3) is 11.8 Å². The molecule has 1 aromatic heterocycles. The molecular formula is C23H20FN3O3S2. The summed E-state index contributed by atoms with van der Waals surface area (Å²) >= 11 is 2.84. The number of halogens is 1. The van der Waals surface area contributed by atoms with Crippen molar-refractivity contribution in [2.45, 2.75) is 19.0 Å². The summed E-state index contributed by atoms with van der Waals surface area (Å²) in [6.07, 6.45) is 2.24. The third kappa shape index (κ3) is 4.31. The fourth-order valence-corrected chi connectivity index (χ4v) is 4.76. The maximum Gasteiger partial charge on any atom is 0.262 e. The predicted molar refractivity (Wildman–Crippen MR) is 123 cm³/mol. The molecule has 0 radical (unpaired) electrons. The maximum absolute atomic E-state index is 14.0. The smallest absolute Gasteiger partial charge is 0.262 e. The Hall–Kier alpha value is -3.04. The average molecular weight is 470 g/mol. The number of thiazole rings is 1. The van der Waals surface area contributed by atoms with Crippen molar-refractivity contribution in [1.29, 1.82) is 0 Å². The molecule has 164 valence electrons. The highest BCUT2D eigenvalue weighted by molar-refractivity contribution is 7.98. The second-order valence-corrected chi connectivity index (χ2v) is 9.08. The number of nitrogens with zero attached hydrogens (tertiary/aromatic N) is 2. The molecule has 4 rings (SSSR count). The molecule has 0 bridgehead atoms. The number of amides is 3. The molecule has 3 amide bonds. The number of rotatable bonds is 8. The first kappa shape index (κ1) is 22.2. The molecule has 0 aliphatic carbocycles. The van der Waals surface area contributed by atoms with Crippen molar-refractivity contribution < 1.29 is 18.8 Å². The molecule has 2 aromatic carbocycles. The SMILES string of the molecule is CSCCC(C(=O)NCc1nc(-c2ccccc2F)cs1)N1C(=O)c2ccccc2C1=O. The number of nitrogens with one attached hydrogen (secondary N) is 1. The van der Waals surface area contributed by atoms with Crippen LogP contribution in [0.15, 0.2) is 53.9 Å². The number of hydrogen-bond donors (Lipinski definition) is 1. The van der Waals surface area contributed by atoms with Gasteiger partial charge in [-0.25, -0.2) is 9.37 Å². The Morgan fingerprint density at radius 2 is 1.72 bits per heavy atom. The van der Waals surface area contributed by atoms with E-state index < -0.39 is 23.8 Å². The van der Waals surface area contributed by atoms with Gasteiger partial charge in [-0.2, -0.15) is 11.8 Å². The van der Waals surface area contributed by atoms with E-state index in [1.54, 1.807) is 47.8 Å². The highest BCUT2D eigenvalue weighted by atomic mass is 32.2. The molecule has 3 aromatic rings. The van der Waals surface area contributed by atoms with Gasteiger partial charge in [0.05, 0.1) is 23.4 Å². The average Bonchev–Trinajstić information content (AvgIpc) is 3.37. The van der Waals surface area contributed by atoms with Gasteiger partial charge in [-0.05, 0) is 42.7 Å². The van der Waals surface area contributed by atoms with Crippen LogP contribution in [0.5, 0.6) is 0 Å². The first-order chi connectivity index (χ1) is 15.5. The van der Waals surface area contributed by atoms with Crippen molar-refractivity contribution in [2.24, 2.45) is 0 Å². The highest BCUT2D eigenvalue weighted by Crippen LogP contribution is 2.27. The van der Waals surface area contributed by atoms with Crippen molar-refractivity contribution in [3.63, 3.8) is 0 Å². The number of aromatic nitrogens is 1. The van der Waals surface area contributed by atoms with Crippen LogP contribution in [0, 0.1) is 5.82 Å². The normalized spacial score (nSPS) is 13.9. The minimum absolute atomic E-state index is 0.122. The van der Waals surface area contributed by atoms with Gasteiger partial charge in [-0.15, -0.1) is 11.3 Å². The number of benzene rings is 2. The van der Waals surface area contributed by atoms with Crippen LogP contribution < -0.4 is 5.32 Å². The van der Waals surface area contributed by atoms with Gasteiger partial charge >= 0.3 is 0 Å². The Kier molecular flexibility index (Phi) is 6.66. The Labute approximate surface area is 192 Å². The molecule has 0 saturated carbocycles. The number of imide groups is 1. The van der Waals surface area contributed by atoms with Crippen LogP contribution in [0.2, 0.25) is 0 Å². The maximum atomic E-state index is 14.0. The second kappa shape index (κ2) is 9.62. The lowest BCUT2D eigenvalue weighted by Gasteiger charge is -2.25. The van der Waals surface area contributed by atoms with E-state index in [4.69, 9.17) is 0 Å². The molecule has 0 spiro atoms. The zero-order valence-corrected chi connectivity index (χ0v) is 18.8. The summed E-state index contributed by atoms with van der Waals surface area (Å²) in [6.45, 7) is 0.122. The zero-order chi connectivity index (χ0) is 22.7. The lowest BCUT2D eigenvalue weighted by Crippen LogP contribution is -2.49. The van der Waals surface area contributed by atoms with E-state index in [1.807, 2.05) is 6.26 Å². The lowest BCUT2D eigenvalue weighted by atomic mass is 10.1. The van der Waals surface area contributed by atoms with E-state index in [1.165, 1.54) is 29.2 Å². The molecule has 6 nitrogen and oxygen atoms in total. The van der Waals surface area contributed by atoms with E-state index in [0.717, 1.165) is 4.90 Å². The Morgan fingerprint density at radius 3 is 2.34 bits per heavy atom. The van der Waals surface area contributed by atoms with Crippen molar-refractivity contribution in [1.82, 2.24) is 15.2 Å². The summed E-state index contributed by atoms with van der Waals surface area (Å²) in [7, 11) is 0. The van der Waals surface area contributed by atoms with Crippen LogP contribution in [-0.2, 0) is 11.3 Å². The van der Waals surface area contributed by atoms with E-state index in [2.05, 4.69) is 10.3 Å². The topological polar surface area (TPSA) is 79.4 Å². The van der Waals surface area contributed by atoms with Gasteiger partial charge in [0.1, 0.15) is 16.9 Å². The number of carbonyl (C=O) groups excluding carboxylic acids is 3. The molecule has 2 heterocycles. The van der Waals surface area contributed by atoms with Gasteiger partial charge in [-0.3, -0.25) is 19.3 Å². The van der Waals surface area contributed by atoms with Crippen molar-refractivity contribution in [3.8, 4) is 11.3 Å². The van der Waals surface area contributed by atoms with Crippen LogP contribution in [-0.4, -0.2) is 45.7 Å². The van der Waals surface area contributed by atoms with Gasteiger partial charge < -0.3 is 5.32 Å². The Balaban J connectivity index is 1.49. The standard InChI is InChI=1S/C23H20FN3O3S2/c1-31-11-10-19(27-22(29)14-6-2-3-7-15(14)23(27)30)21(28)25-12-20-26-18(13-32-20)16-8-4-5-9-17(16)24/h2-9,13,19H,10-12H2,1H3,(H,25,28). The molecule has 0 saturated heterocycles. The minimum Gasteiger partial charge on any atom is -0.348 e. The number of thioether (sulfide) groups is 1. The zero-order valence-electron chi connectivity index (χ0n) is 17.2. The first-order valence-electron chi connectivity index (χ1n) is 9.94. The molecule has 1 atom stereocenters. The van der Waals surface area contributed by atoms with Gasteiger partial charge in [0.2, 0.25) is 5.91 Å². The number of carbonyl (C=O) groups is 3.